The molecule has 0 aromatic heterocycles. The van der Waals surface area contributed by atoms with Crippen LogP contribution in [0.3, 0.4) is 0 Å². The van der Waals surface area contributed by atoms with E-state index in [4.69, 9.17) is 4.74 Å². The minimum absolute atomic E-state index is 0.270. The molecule has 0 bridgehead atoms. The summed E-state index contributed by atoms with van der Waals surface area (Å²) in [6, 6.07) is 4.45. The lowest BCUT2D eigenvalue weighted by Crippen LogP contribution is -2.62. The first-order valence-electron chi connectivity index (χ1n) is 5.90. The van der Waals surface area contributed by atoms with Gasteiger partial charge >= 0.3 is 12.4 Å². The molecular formula is C13H12F6O3. The van der Waals surface area contributed by atoms with Crippen LogP contribution in [0.5, 0.6) is 5.75 Å². The number of halogens is 6. The molecule has 0 saturated heterocycles. The van der Waals surface area contributed by atoms with Gasteiger partial charge in [0.2, 0.25) is 0 Å². The zero-order valence-corrected chi connectivity index (χ0v) is 11.4. The van der Waals surface area contributed by atoms with Gasteiger partial charge in [0.15, 0.2) is 5.78 Å². The highest BCUT2D eigenvalue weighted by molar-refractivity contribution is 5.98. The van der Waals surface area contributed by atoms with Crippen LogP contribution in [0.25, 0.3) is 0 Å². The Morgan fingerprint density at radius 2 is 1.45 bits per heavy atom. The highest BCUT2D eigenvalue weighted by Crippen LogP contribution is 2.48. The molecule has 1 rings (SSSR count). The van der Waals surface area contributed by atoms with Crippen LogP contribution in [0.4, 0.5) is 26.3 Å². The number of aliphatic hydroxyl groups is 1. The van der Waals surface area contributed by atoms with Crippen molar-refractivity contribution in [3.8, 4) is 5.75 Å². The summed E-state index contributed by atoms with van der Waals surface area (Å²) in [6.07, 6.45) is -12.1. The maximum absolute atomic E-state index is 12.7. The van der Waals surface area contributed by atoms with E-state index >= 15 is 0 Å². The van der Waals surface area contributed by atoms with Crippen LogP contribution in [-0.2, 0) is 0 Å². The van der Waals surface area contributed by atoms with Crippen molar-refractivity contribution >= 4 is 5.78 Å². The van der Waals surface area contributed by atoms with E-state index in [0.717, 1.165) is 12.1 Å². The molecule has 0 spiro atoms. The third-order valence-corrected chi connectivity index (χ3v) is 3.26. The van der Waals surface area contributed by atoms with Gasteiger partial charge in [0.25, 0.3) is 5.60 Å². The smallest absolute Gasteiger partial charge is 0.427 e. The van der Waals surface area contributed by atoms with Crippen molar-refractivity contribution in [3.63, 3.8) is 0 Å². The highest BCUT2D eigenvalue weighted by atomic mass is 19.4. The van der Waals surface area contributed by atoms with Crippen molar-refractivity contribution in [1.29, 1.82) is 0 Å². The lowest BCUT2D eigenvalue weighted by molar-refractivity contribution is -0.377. The maximum Gasteiger partial charge on any atom is 0.427 e. The molecule has 0 aliphatic rings. The fourth-order valence-electron chi connectivity index (χ4n) is 1.85. The quantitative estimate of drug-likeness (QED) is 0.680. The molecule has 1 aromatic rings. The second-order valence-corrected chi connectivity index (χ2v) is 4.58. The number of carbonyl (C=O) groups is 1. The van der Waals surface area contributed by atoms with Crippen molar-refractivity contribution < 1.29 is 41.0 Å². The van der Waals surface area contributed by atoms with Crippen LogP contribution in [0.15, 0.2) is 24.3 Å². The summed E-state index contributed by atoms with van der Waals surface area (Å²) in [6.45, 7) is 0.382. The van der Waals surface area contributed by atoms with E-state index in [2.05, 4.69) is 0 Å². The van der Waals surface area contributed by atoms with Gasteiger partial charge in [-0.05, 0) is 24.3 Å². The van der Waals surface area contributed by atoms with E-state index in [9.17, 15) is 36.2 Å². The molecule has 0 heterocycles. The van der Waals surface area contributed by atoms with E-state index in [1.807, 2.05) is 0 Å². The van der Waals surface area contributed by atoms with Crippen LogP contribution in [-0.4, -0.2) is 36.0 Å². The van der Waals surface area contributed by atoms with Crippen molar-refractivity contribution in [1.82, 2.24) is 0 Å². The van der Waals surface area contributed by atoms with Gasteiger partial charge < -0.3 is 9.84 Å². The summed E-state index contributed by atoms with van der Waals surface area (Å²) in [5.41, 5.74) is -5.53. The van der Waals surface area contributed by atoms with E-state index in [1.54, 1.807) is 0 Å². The van der Waals surface area contributed by atoms with Crippen LogP contribution in [0, 0.1) is 5.92 Å². The molecule has 0 radical (unpaired) electrons. The first-order chi connectivity index (χ1) is 9.86. The van der Waals surface area contributed by atoms with Crippen molar-refractivity contribution in [2.24, 2.45) is 5.92 Å². The van der Waals surface area contributed by atoms with E-state index < -0.39 is 35.2 Å². The summed E-state index contributed by atoms with van der Waals surface area (Å²) in [5.74, 6) is -3.98. The molecule has 1 unspecified atom stereocenters. The standard InChI is InChI=1S/C13H12F6O3/c1-7(11(21,12(14,15)16)13(17,18)19)10(20)8-3-5-9(22-2)6-4-8/h3-7,21H,1-2H3. The largest absolute Gasteiger partial charge is 0.497 e. The van der Waals surface area contributed by atoms with Gasteiger partial charge in [-0.3, -0.25) is 4.79 Å². The molecule has 1 N–H and O–H groups in total. The van der Waals surface area contributed by atoms with E-state index in [1.165, 1.54) is 19.2 Å². The molecule has 22 heavy (non-hydrogen) atoms. The third-order valence-electron chi connectivity index (χ3n) is 3.26. The third kappa shape index (κ3) is 3.03. The number of benzene rings is 1. The zero-order chi connectivity index (χ0) is 17.3. The number of methoxy groups -OCH3 is 1. The topological polar surface area (TPSA) is 46.5 Å². The molecular weight excluding hydrogens is 318 g/mol. The second kappa shape index (κ2) is 5.79. The Bertz CT molecular complexity index is 518. The van der Waals surface area contributed by atoms with Crippen molar-refractivity contribution in [3.05, 3.63) is 29.8 Å². The average Bonchev–Trinajstić information content (AvgIpc) is 2.42. The number of hydrogen-bond acceptors (Lipinski definition) is 3. The fraction of sp³-hybridized carbons (Fsp3) is 0.462. The Hall–Kier alpha value is -1.77. The lowest BCUT2D eigenvalue weighted by Gasteiger charge is -2.36. The average molecular weight is 330 g/mol. The normalized spacial score (nSPS) is 14.6. The van der Waals surface area contributed by atoms with Gasteiger partial charge in [0, 0.05) is 5.56 Å². The van der Waals surface area contributed by atoms with Crippen LogP contribution < -0.4 is 4.74 Å². The number of alkyl halides is 6. The monoisotopic (exact) mass is 330 g/mol. The Morgan fingerprint density at radius 1 is 1.05 bits per heavy atom. The molecule has 3 nitrogen and oxygen atoms in total. The number of ketones is 1. The van der Waals surface area contributed by atoms with Gasteiger partial charge in [-0.15, -0.1) is 0 Å². The summed E-state index contributed by atoms with van der Waals surface area (Å²) in [7, 11) is 1.30. The minimum atomic E-state index is -6.05. The Morgan fingerprint density at radius 3 is 1.77 bits per heavy atom. The van der Waals surface area contributed by atoms with Crippen LogP contribution >= 0.6 is 0 Å². The SMILES string of the molecule is COc1ccc(C(=O)C(C)C(O)(C(F)(F)F)C(F)(F)F)cc1. The first kappa shape index (κ1) is 18.3. The van der Waals surface area contributed by atoms with Crippen molar-refractivity contribution in [2.45, 2.75) is 24.9 Å². The van der Waals surface area contributed by atoms with Gasteiger partial charge in [-0.2, -0.15) is 26.3 Å². The Labute approximate surface area is 121 Å². The molecule has 9 heteroatoms. The number of Topliss-reactive ketones (excluding diaryl/α,β-unsaturated/α-hetero) is 1. The molecule has 1 aromatic carbocycles. The first-order valence-corrected chi connectivity index (χ1v) is 5.90. The predicted octanol–water partition coefficient (Wildman–Crippen LogP) is 3.37. The van der Waals surface area contributed by atoms with Crippen LogP contribution in [0.1, 0.15) is 17.3 Å². The van der Waals surface area contributed by atoms with Gasteiger partial charge in [-0.25, -0.2) is 0 Å². The molecule has 0 saturated carbocycles. The lowest BCUT2D eigenvalue weighted by atomic mass is 9.82. The molecule has 0 amide bonds. The molecule has 0 aliphatic heterocycles. The fourth-order valence-corrected chi connectivity index (χ4v) is 1.85. The van der Waals surface area contributed by atoms with Crippen molar-refractivity contribution in [2.75, 3.05) is 7.11 Å². The minimum Gasteiger partial charge on any atom is -0.497 e. The molecule has 124 valence electrons. The van der Waals surface area contributed by atoms with E-state index in [0.29, 0.717) is 6.92 Å². The van der Waals surface area contributed by atoms with Gasteiger partial charge in [0.05, 0.1) is 13.0 Å². The Balaban J connectivity index is 3.24. The number of hydrogen-bond donors (Lipinski definition) is 1. The Kier molecular flexibility index (Phi) is 4.81. The number of ether oxygens (including phenoxy) is 1. The second-order valence-electron chi connectivity index (χ2n) is 4.58. The number of carbonyl (C=O) groups excluding carboxylic acids is 1. The van der Waals surface area contributed by atoms with Crippen LogP contribution in [0.2, 0.25) is 0 Å². The summed E-state index contributed by atoms with van der Waals surface area (Å²) < 4.78 is 81.0. The van der Waals surface area contributed by atoms with E-state index in [-0.39, 0.29) is 5.75 Å². The highest BCUT2D eigenvalue weighted by Gasteiger charge is 2.74. The molecule has 1 atom stereocenters. The summed E-state index contributed by atoms with van der Waals surface area (Å²) in [5, 5.41) is 9.19. The predicted molar refractivity (Wildman–Crippen MR) is 63.5 cm³/mol. The summed E-state index contributed by atoms with van der Waals surface area (Å²) in [4.78, 5) is 11.9. The zero-order valence-electron chi connectivity index (χ0n) is 11.4. The van der Waals surface area contributed by atoms with Gasteiger partial charge in [0.1, 0.15) is 5.75 Å². The number of rotatable bonds is 4. The molecule has 0 aliphatic carbocycles. The molecule has 0 fully saturated rings. The van der Waals surface area contributed by atoms with Gasteiger partial charge in [-0.1, -0.05) is 6.92 Å². The summed E-state index contributed by atoms with van der Waals surface area (Å²) >= 11 is 0. The maximum atomic E-state index is 12.7.